The number of anilines is 1. The fourth-order valence-electron chi connectivity index (χ4n) is 2.71. The van der Waals surface area contributed by atoms with Crippen LogP contribution in [0.4, 0.5) is 5.69 Å². The maximum atomic E-state index is 12.0. The van der Waals surface area contributed by atoms with Crippen LogP contribution < -0.4 is 15.4 Å². The van der Waals surface area contributed by atoms with E-state index in [0.717, 1.165) is 5.75 Å². The molecule has 1 saturated heterocycles. The molecule has 0 aliphatic carbocycles. The number of para-hydroxylation sites is 1. The lowest BCUT2D eigenvalue weighted by Gasteiger charge is -2.21. The highest BCUT2D eigenvalue weighted by molar-refractivity contribution is 5.94. The van der Waals surface area contributed by atoms with Crippen LogP contribution >= 0.6 is 0 Å². The molecular formula is C20H22N2O4. The number of carbonyl (C=O) groups is 2. The van der Waals surface area contributed by atoms with Crippen molar-refractivity contribution < 1.29 is 19.1 Å². The van der Waals surface area contributed by atoms with Gasteiger partial charge in [-0.15, -0.1) is 0 Å². The first-order valence-electron chi connectivity index (χ1n) is 8.69. The van der Waals surface area contributed by atoms with E-state index in [1.165, 1.54) is 0 Å². The number of nitrogens with one attached hydrogen (secondary N) is 2. The van der Waals surface area contributed by atoms with Gasteiger partial charge in [0.15, 0.2) is 0 Å². The van der Waals surface area contributed by atoms with Crippen LogP contribution in [0.3, 0.4) is 0 Å². The number of carbonyl (C=O) groups excluding carboxylic acids is 2. The number of hydrogen-bond donors (Lipinski definition) is 2. The molecule has 0 radical (unpaired) electrons. The van der Waals surface area contributed by atoms with E-state index in [9.17, 15) is 9.59 Å². The number of hydrogen-bond acceptors (Lipinski definition) is 4. The zero-order valence-corrected chi connectivity index (χ0v) is 14.4. The standard InChI is InChI=1S/C20H22N2O4/c23-19(14-21-20(24)15-10-12-25-13-11-15)22-16-6-8-18(9-7-16)26-17-4-2-1-3-5-17/h1-9,15H,10-14H2,(H,21,24)(H,22,23). The number of benzene rings is 2. The molecule has 1 aliphatic rings. The Morgan fingerprint density at radius 3 is 2.31 bits per heavy atom. The summed E-state index contributed by atoms with van der Waals surface area (Å²) in [5.74, 6) is 1.02. The van der Waals surface area contributed by atoms with Crippen molar-refractivity contribution in [2.24, 2.45) is 5.92 Å². The van der Waals surface area contributed by atoms with Gasteiger partial charge in [-0.3, -0.25) is 9.59 Å². The van der Waals surface area contributed by atoms with Crippen molar-refractivity contribution in [1.29, 1.82) is 0 Å². The predicted octanol–water partition coefficient (Wildman–Crippen LogP) is 2.96. The molecule has 2 amide bonds. The third-order valence-electron chi connectivity index (χ3n) is 4.13. The van der Waals surface area contributed by atoms with E-state index < -0.39 is 0 Å². The molecule has 1 heterocycles. The topological polar surface area (TPSA) is 76.7 Å². The second kappa shape index (κ2) is 9.01. The van der Waals surface area contributed by atoms with Gasteiger partial charge in [0.1, 0.15) is 11.5 Å². The van der Waals surface area contributed by atoms with Gasteiger partial charge in [0.25, 0.3) is 0 Å². The van der Waals surface area contributed by atoms with Crippen molar-refractivity contribution >= 4 is 17.5 Å². The van der Waals surface area contributed by atoms with E-state index in [1.807, 2.05) is 30.3 Å². The molecule has 0 unspecified atom stereocenters. The van der Waals surface area contributed by atoms with Gasteiger partial charge < -0.3 is 20.1 Å². The predicted molar refractivity (Wildman–Crippen MR) is 98.1 cm³/mol. The van der Waals surface area contributed by atoms with Gasteiger partial charge in [0.05, 0.1) is 6.54 Å². The third-order valence-corrected chi connectivity index (χ3v) is 4.13. The van der Waals surface area contributed by atoms with Crippen LogP contribution in [0.25, 0.3) is 0 Å². The van der Waals surface area contributed by atoms with E-state index in [0.29, 0.717) is 37.5 Å². The molecule has 2 aromatic rings. The molecule has 136 valence electrons. The summed E-state index contributed by atoms with van der Waals surface area (Å²) in [6, 6.07) is 16.6. The zero-order chi connectivity index (χ0) is 18.2. The summed E-state index contributed by atoms with van der Waals surface area (Å²) in [4.78, 5) is 24.0. The molecule has 0 aromatic heterocycles. The van der Waals surface area contributed by atoms with E-state index in [-0.39, 0.29) is 24.3 Å². The molecule has 1 aliphatic heterocycles. The van der Waals surface area contributed by atoms with Crippen LogP contribution in [0.1, 0.15) is 12.8 Å². The molecule has 26 heavy (non-hydrogen) atoms. The summed E-state index contributed by atoms with van der Waals surface area (Å²) < 4.78 is 10.9. The summed E-state index contributed by atoms with van der Waals surface area (Å²) in [6.45, 7) is 1.15. The second-order valence-corrected chi connectivity index (χ2v) is 6.09. The lowest BCUT2D eigenvalue weighted by atomic mass is 9.99. The van der Waals surface area contributed by atoms with Crippen LogP contribution in [0.15, 0.2) is 54.6 Å². The Bertz CT molecular complexity index is 725. The monoisotopic (exact) mass is 354 g/mol. The second-order valence-electron chi connectivity index (χ2n) is 6.09. The van der Waals surface area contributed by atoms with E-state index >= 15 is 0 Å². The fourth-order valence-corrected chi connectivity index (χ4v) is 2.71. The largest absolute Gasteiger partial charge is 0.457 e. The molecule has 3 rings (SSSR count). The third kappa shape index (κ3) is 5.32. The van der Waals surface area contributed by atoms with Crippen LogP contribution in [-0.4, -0.2) is 31.6 Å². The summed E-state index contributed by atoms with van der Waals surface area (Å²) in [5, 5.41) is 5.44. The van der Waals surface area contributed by atoms with Crippen molar-refractivity contribution in [3.63, 3.8) is 0 Å². The Hall–Kier alpha value is -2.86. The van der Waals surface area contributed by atoms with E-state index in [2.05, 4.69) is 10.6 Å². The van der Waals surface area contributed by atoms with Gasteiger partial charge in [-0.2, -0.15) is 0 Å². The first-order valence-corrected chi connectivity index (χ1v) is 8.69. The Kier molecular flexibility index (Phi) is 6.22. The smallest absolute Gasteiger partial charge is 0.243 e. The van der Waals surface area contributed by atoms with Crippen LogP contribution in [-0.2, 0) is 14.3 Å². The van der Waals surface area contributed by atoms with E-state index in [1.54, 1.807) is 24.3 Å². The summed E-state index contributed by atoms with van der Waals surface area (Å²) in [7, 11) is 0. The highest BCUT2D eigenvalue weighted by atomic mass is 16.5. The number of rotatable bonds is 6. The van der Waals surface area contributed by atoms with Crippen molar-refractivity contribution in [3.05, 3.63) is 54.6 Å². The van der Waals surface area contributed by atoms with Gasteiger partial charge in [0, 0.05) is 24.8 Å². The minimum atomic E-state index is -0.262. The van der Waals surface area contributed by atoms with Gasteiger partial charge in [-0.05, 0) is 49.2 Å². The van der Waals surface area contributed by atoms with Gasteiger partial charge in [0.2, 0.25) is 11.8 Å². The summed E-state index contributed by atoms with van der Waals surface area (Å²) in [5.41, 5.74) is 0.649. The van der Waals surface area contributed by atoms with Crippen molar-refractivity contribution in [2.45, 2.75) is 12.8 Å². The minimum Gasteiger partial charge on any atom is -0.457 e. The van der Waals surface area contributed by atoms with E-state index in [4.69, 9.17) is 9.47 Å². The van der Waals surface area contributed by atoms with Crippen LogP contribution in [0.2, 0.25) is 0 Å². The molecular weight excluding hydrogens is 332 g/mol. The molecule has 0 atom stereocenters. The fraction of sp³-hybridized carbons (Fsp3) is 0.300. The highest BCUT2D eigenvalue weighted by Crippen LogP contribution is 2.22. The lowest BCUT2D eigenvalue weighted by Crippen LogP contribution is -2.38. The molecule has 2 aromatic carbocycles. The molecule has 1 fully saturated rings. The van der Waals surface area contributed by atoms with Gasteiger partial charge in [-0.25, -0.2) is 0 Å². The first kappa shape index (κ1) is 17.9. The number of ether oxygens (including phenoxy) is 2. The summed E-state index contributed by atoms with van der Waals surface area (Å²) in [6.07, 6.45) is 1.41. The molecule has 2 N–H and O–H groups in total. The Labute approximate surface area is 152 Å². The zero-order valence-electron chi connectivity index (χ0n) is 14.4. The van der Waals surface area contributed by atoms with Crippen molar-refractivity contribution in [3.8, 4) is 11.5 Å². The number of amides is 2. The Morgan fingerprint density at radius 2 is 1.62 bits per heavy atom. The molecule has 6 heteroatoms. The van der Waals surface area contributed by atoms with Gasteiger partial charge >= 0.3 is 0 Å². The Morgan fingerprint density at radius 1 is 0.962 bits per heavy atom. The van der Waals surface area contributed by atoms with Crippen molar-refractivity contribution in [1.82, 2.24) is 5.32 Å². The minimum absolute atomic E-state index is 0.0432. The average Bonchev–Trinajstić information content (AvgIpc) is 2.69. The maximum absolute atomic E-state index is 12.0. The quantitative estimate of drug-likeness (QED) is 0.836. The molecule has 6 nitrogen and oxygen atoms in total. The summed E-state index contributed by atoms with van der Waals surface area (Å²) >= 11 is 0. The molecule has 0 spiro atoms. The van der Waals surface area contributed by atoms with Crippen molar-refractivity contribution in [2.75, 3.05) is 25.1 Å². The average molecular weight is 354 g/mol. The molecule has 0 saturated carbocycles. The molecule has 0 bridgehead atoms. The maximum Gasteiger partial charge on any atom is 0.243 e. The SMILES string of the molecule is O=C(CNC(=O)C1CCOCC1)Nc1ccc(Oc2ccccc2)cc1. The van der Waals surface area contributed by atoms with Crippen LogP contribution in [0.5, 0.6) is 11.5 Å². The van der Waals surface area contributed by atoms with Gasteiger partial charge in [-0.1, -0.05) is 18.2 Å². The highest BCUT2D eigenvalue weighted by Gasteiger charge is 2.21. The van der Waals surface area contributed by atoms with Crippen LogP contribution in [0, 0.1) is 5.92 Å². The lowest BCUT2D eigenvalue weighted by molar-refractivity contribution is -0.129. The first-order chi connectivity index (χ1) is 12.7. The normalized spacial score (nSPS) is 14.5. The Balaban J connectivity index is 1.44.